The van der Waals surface area contributed by atoms with Gasteiger partial charge in [0, 0.05) is 19.1 Å². The molecule has 1 N–H and O–H groups in total. The molecule has 2 fully saturated rings. The molecule has 0 unspecified atom stereocenters. The number of carbonyl (C=O) groups is 1. The number of hydrogen-bond donors (Lipinski definition) is 1. The van der Waals surface area contributed by atoms with Gasteiger partial charge >= 0.3 is 6.03 Å². The van der Waals surface area contributed by atoms with E-state index in [1.807, 2.05) is 4.90 Å². The van der Waals surface area contributed by atoms with Gasteiger partial charge in [0.05, 0.1) is 13.2 Å². The van der Waals surface area contributed by atoms with Crippen LogP contribution in [0.4, 0.5) is 4.79 Å². The van der Waals surface area contributed by atoms with Gasteiger partial charge in [-0.3, -0.25) is 0 Å². The van der Waals surface area contributed by atoms with E-state index in [4.69, 9.17) is 4.74 Å². The minimum absolute atomic E-state index is 0.0848. The van der Waals surface area contributed by atoms with Crippen LogP contribution in [0.15, 0.2) is 0 Å². The summed E-state index contributed by atoms with van der Waals surface area (Å²) in [5, 5.41) is 3.13. The van der Waals surface area contributed by atoms with Crippen LogP contribution in [0.2, 0.25) is 0 Å². The van der Waals surface area contributed by atoms with E-state index < -0.39 is 0 Å². The molecule has 0 spiro atoms. The first-order valence-corrected chi connectivity index (χ1v) is 7.39. The molecule has 0 aromatic carbocycles. The molecule has 4 nitrogen and oxygen atoms in total. The van der Waals surface area contributed by atoms with Crippen molar-refractivity contribution in [3.05, 3.63) is 0 Å². The van der Waals surface area contributed by atoms with Crippen molar-refractivity contribution in [2.24, 2.45) is 5.92 Å². The standard InChI is InChI=1S/C14H26N2O2/c1-12(11-13-5-3-2-4-6-13)15-14(17)16-7-9-18-10-8-16/h12-13H,2-11H2,1H3,(H,15,17)/t12-/m1/s1. The molecule has 4 heteroatoms. The van der Waals surface area contributed by atoms with Gasteiger partial charge in [0.25, 0.3) is 0 Å². The lowest BCUT2D eigenvalue weighted by molar-refractivity contribution is 0.0524. The highest BCUT2D eigenvalue weighted by molar-refractivity contribution is 5.74. The van der Waals surface area contributed by atoms with Crippen molar-refractivity contribution in [2.45, 2.75) is 51.5 Å². The maximum atomic E-state index is 12.0. The molecular formula is C14H26N2O2. The van der Waals surface area contributed by atoms with Crippen molar-refractivity contribution in [2.75, 3.05) is 26.3 Å². The van der Waals surface area contributed by atoms with Crippen molar-refractivity contribution in [1.82, 2.24) is 10.2 Å². The molecule has 1 saturated carbocycles. The summed E-state index contributed by atoms with van der Waals surface area (Å²) >= 11 is 0. The number of morpholine rings is 1. The summed E-state index contributed by atoms with van der Waals surface area (Å²) in [6.07, 6.45) is 7.96. The first-order valence-electron chi connectivity index (χ1n) is 7.39. The Hall–Kier alpha value is -0.770. The molecule has 0 radical (unpaired) electrons. The first-order chi connectivity index (χ1) is 8.75. The molecular weight excluding hydrogens is 228 g/mol. The summed E-state index contributed by atoms with van der Waals surface area (Å²) in [6.45, 7) is 4.92. The number of carbonyl (C=O) groups excluding carboxylic acids is 1. The fourth-order valence-corrected chi connectivity index (χ4v) is 3.05. The zero-order chi connectivity index (χ0) is 12.8. The highest BCUT2D eigenvalue weighted by Gasteiger charge is 2.21. The van der Waals surface area contributed by atoms with Crippen molar-refractivity contribution in [3.8, 4) is 0 Å². The summed E-state index contributed by atoms with van der Waals surface area (Å²) in [7, 11) is 0. The van der Waals surface area contributed by atoms with E-state index in [1.165, 1.54) is 32.1 Å². The van der Waals surface area contributed by atoms with Gasteiger partial charge in [0.2, 0.25) is 0 Å². The highest BCUT2D eigenvalue weighted by atomic mass is 16.5. The smallest absolute Gasteiger partial charge is 0.317 e. The van der Waals surface area contributed by atoms with Crippen molar-refractivity contribution in [3.63, 3.8) is 0 Å². The highest BCUT2D eigenvalue weighted by Crippen LogP contribution is 2.27. The predicted octanol–water partition coefficient (Wildman–Crippen LogP) is 2.39. The Kier molecular flexibility index (Phi) is 5.29. The Morgan fingerprint density at radius 1 is 1.28 bits per heavy atom. The van der Waals surface area contributed by atoms with Gasteiger partial charge in [-0.2, -0.15) is 0 Å². The van der Waals surface area contributed by atoms with Crippen LogP contribution in [0, 0.1) is 5.92 Å². The summed E-state index contributed by atoms with van der Waals surface area (Å²) < 4.78 is 5.25. The number of amides is 2. The van der Waals surface area contributed by atoms with Crippen molar-refractivity contribution < 1.29 is 9.53 Å². The van der Waals surface area contributed by atoms with E-state index >= 15 is 0 Å². The summed E-state index contributed by atoms with van der Waals surface area (Å²) in [6, 6.07) is 0.380. The minimum Gasteiger partial charge on any atom is -0.378 e. The minimum atomic E-state index is 0.0848. The van der Waals surface area contributed by atoms with Crippen LogP contribution in [0.25, 0.3) is 0 Å². The van der Waals surface area contributed by atoms with Gasteiger partial charge in [0.1, 0.15) is 0 Å². The molecule has 1 atom stereocenters. The zero-order valence-electron chi connectivity index (χ0n) is 11.5. The van der Waals surface area contributed by atoms with Crippen molar-refractivity contribution in [1.29, 1.82) is 0 Å². The van der Waals surface area contributed by atoms with Crippen LogP contribution in [-0.2, 0) is 4.74 Å². The van der Waals surface area contributed by atoms with Crippen LogP contribution in [0.1, 0.15) is 45.4 Å². The number of nitrogens with one attached hydrogen (secondary N) is 1. The van der Waals surface area contributed by atoms with Crippen LogP contribution >= 0.6 is 0 Å². The maximum Gasteiger partial charge on any atom is 0.317 e. The number of ether oxygens (including phenoxy) is 1. The second-order valence-electron chi connectivity index (χ2n) is 5.69. The van der Waals surface area contributed by atoms with Crippen LogP contribution in [-0.4, -0.2) is 43.3 Å². The average Bonchev–Trinajstić information content (AvgIpc) is 2.40. The van der Waals surface area contributed by atoms with Crippen LogP contribution in [0.3, 0.4) is 0 Å². The van der Waals surface area contributed by atoms with Crippen LogP contribution in [0.5, 0.6) is 0 Å². The van der Waals surface area contributed by atoms with E-state index in [0.29, 0.717) is 19.3 Å². The van der Waals surface area contributed by atoms with Gasteiger partial charge in [-0.05, 0) is 19.3 Å². The lowest BCUT2D eigenvalue weighted by atomic mass is 9.85. The summed E-state index contributed by atoms with van der Waals surface area (Å²) in [5.41, 5.74) is 0. The Morgan fingerprint density at radius 3 is 2.61 bits per heavy atom. The van der Waals surface area contributed by atoms with Crippen LogP contribution < -0.4 is 5.32 Å². The molecule has 0 bridgehead atoms. The molecule has 1 saturated heterocycles. The van der Waals surface area contributed by atoms with Gasteiger partial charge in [-0.15, -0.1) is 0 Å². The Morgan fingerprint density at radius 2 is 1.94 bits per heavy atom. The van der Waals surface area contributed by atoms with E-state index in [1.54, 1.807) is 0 Å². The molecule has 2 rings (SSSR count). The molecule has 1 aliphatic heterocycles. The molecule has 1 aliphatic carbocycles. The molecule has 0 aromatic rings. The number of urea groups is 1. The third kappa shape index (κ3) is 4.16. The first kappa shape index (κ1) is 13.7. The number of nitrogens with zero attached hydrogens (tertiary/aromatic N) is 1. The van der Waals surface area contributed by atoms with E-state index in [9.17, 15) is 4.79 Å². The summed E-state index contributed by atoms with van der Waals surface area (Å²) in [4.78, 5) is 13.9. The zero-order valence-corrected chi connectivity index (χ0v) is 11.5. The monoisotopic (exact) mass is 254 g/mol. The second kappa shape index (κ2) is 6.98. The SMILES string of the molecule is C[C@H](CC1CCCCC1)NC(=O)N1CCOCC1. The summed E-state index contributed by atoms with van der Waals surface area (Å²) in [5.74, 6) is 0.818. The van der Waals surface area contributed by atoms with Gasteiger partial charge in [-0.25, -0.2) is 4.79 Å². The van der Waals surface area contributed by atoms with Gasteiger partial charge < -0.3 is 15.0 Å². The molecule has 0 aromatic heterocycles. The number of hydrogen-bond acceptors (Lipinski definition) is 2. The van der Waals surface area contributed by atoms with Gasteiger partial charge in [0.15, 0.2) is 0 Å². The predicted molar refractivity (Wildman–Crippen MR) is 71.6 cm³/mol. The molecule has 18 heavy (non-hydrogen) atoms. The largest absolute Gasteiger partial charge is 0.378 e. The molecule has 104 valence electrons. The van der Waals surface area contributed by atoms with Gasteiger partial charge in [-0.1, -0.05) is 32.1 Å². The maximum absolute atomic E-state index is 12.0. The Balaban J connectivity index is 1.68. The van der Waals surface area contributed by atoms with E-state index in [2.05, 4.69) is 12.2 Å². The molecule has 1 heterocycles. The van der Waals surface area contributed by atoms with Crippen molar-refractivity contribution >= 4 is 6.03 Å². The normalized spacial score (nSPS) is 23.7. The average molecular weight is 254 g/mol. The second-order valence-corrected chi connectivity index (χ2v) is 5.69. The fourth-order valence-electron chi connectivity index (χ4n) is 3.05. The Bertz CT molecular complexity index is 259. The molecule has 2 aliphatic rings. The Labute approximate surface area is 110 Å². The van der Waals surface area contributed by atoms with E-state index in [-0.39, 0.29) is 6.03 Å². The fraction of sp³-hybridized carbons (Fsp3) is 0.929. The van der Waals surface area contributed by atoms with E-state index in [0.717, 1.165) is 25.4 Å². The third-order valence-corrected chi connectivity index (χ3v) is 4.08. The third-order valence-electron chi connectivity index (χ3n) is 4.08. The number of rotatable bonds is 3. The quantitative estimate of drug-likeness (QED) is 0.840. The topological polar surface area (TPSA) is 41.6 Å². The lowest BCUT2D eigenvalue weighted by Gasteiger charge is -2.30. The molecule has 2 amide bonds. The lowest BCUT2D eigenvalue weighted by Crippen LogP contribution is -2.48.